The van der Waals surface area contributed by atoms with Crippen LogP contribution in [0.3, 0.4) is 0 Å². The molecule has 0 aliphatic heterocycles. The highest BCUT2D eigenvalue weighted by atomic mass is 79.9. The van der Waals surface area contributed by atoms with Crippen molar-refractivity contribution in [1.29, 1.82) is 0 Å². The van der Waals surface area contributed by atoms with Gasteiger partial charge in [-0.3, -0.25) is 9.48 Å². The normalized spacial score (nSPS) is 10.5. The minimum absolute atomic E-state index is 0.0752. The van der Waals surface area contributed by atoms with E-state index in [2.05, 4.69) is 21.0 Å². The molecule has 0 spiro atoms. The molecule has 0 aliphatic carbocycles. The van der Waals surface area contributed by atoms with Crippen molar-refractivity contribution in [2.75, 3.05) is 0 Å². The maximum absolute atomic E-state index is 12.2. The van der Waals surface area contributed by atoms with Gasteiger partial charge >= 0.3 is 0 Å². The number of ketones is 1. The van der Waals surface area contributed by atoms with Gasteiger partial charge < -0.3 is 0 Å². The molecule has 1 aromatic heterocycles. The largest absolute Gasteiger partial charge is 0.292 e. The van der Waals surface area contributed by atoms with E-state index in [1.54, 1.807) is 17.9 Å². The topological polar surface area (TPSA) is 34.9 Å². The van der Waals surface area contributed by atoms with E-state index < -0.39 is 0 Å². The first-order valence-electron chi connectivity index (χ1n) is 5.35. The van der Waals surface area contributed by atoms with Crippen molar-refractivity contribution < 1.29 is 4.79 Å². The fourth-order valence-electron chi connectivity index (χ4n) is 1.79. The van der Waals surface area contributed by atoms with E-state index in [-0.39, 0.29) is 5.78 Å². The zero-order chi connectivity index (χ0) is 12.4. The van der Waals surface area contributed by atoms with Gasteiger partial charge in [-0.05, 0) is 34.0 Å². The summed E-state index contributed by atoms with van der Waals surface area (Å²) in [6, 6.07) is 7.93. The molecule has 0 atom stereocenters. The lowest BCUT2D eigenvalue weighted by molar-refractivity contribution is 0.0983. The van der Waals surface area contributed by atoms with Crippen LogP contribution in [0.1, 0.15) is 21.6 Å². The van der Waals surface area contributed by atoms with Crippen LogP contribution in [-0.4, -0.2) is 15.6 Å². The minimum Gasteiger partial charge on any atom is -0.292 e. The van der Waals surface area contributed by atoms with Gasteiger partial charge in [0.25, 0.3) is 0 Å². The summed E-state index contributed by atoms with van der Waals surface area (Å²) < 4.78 is 2.35. The number of carbonyl (C=O) groups excluding carboxylic acids is 1. The monoisotopic (exact) mass is 292 g/mol. The zero-order valence-corrected chi connectivity index (χ0v) is 11.4. The smallest absolute Gasteiger partial charge is 0.186 e. The van der Waals surface area contributed by atoms with Crippen LogP contribution >= 0.6 is 15.9 Å². The molecule has 0 N–H and O–H groups in total. The van der Waals surface area contributed by atoms with Crippen molar-refractivity contribution >= 4 is 21.7 Å². The third-order valence-corrected chi connectivity index (χ3v) is 3.35. The number of Topliss-reactive ketones (excluding diaryl/α,β-unsaturated/α-hetero) is 1. The highest BCUT2D eigenvalue weighted by Crippen LogP contribution is 2.18. The van der Waals surface area contributed by atoms with Crippen LogP contribution < -0.4 is 0 Å². The average Bonchev–Trinajstić information content (AvgIpc) is 2.62. The Hall–Kier alpha value is -1.42. The van der Waals surface area contributed by atoms with Crippen LogP contribution in [0.2, 0.25) is 0 Å². The molecule has 4 heteroatoms. The second kappa shape index (κ2) is 4.84. The summed E-state index contributed by atoms with van der Waals surface area (Å²) in [5.41, 5.74) is 2.82. The van der Waals surface area contributed by atoms with E-state index in [4.69, 9.17) is 0 Å². The summed E-state index contributed by atoms with van der Waals surface area (Å²) in [4.78, 5) is 12.2. The molecule has 0 aliphatic rings. The first kappa shape index (κ1) is 12.0. The highest BCUT2D eigenvalue weighted by Gasteiger charge is 2.16. The van der Waals surface area contributed by atoms with Gasteiger partial charge in [-0.2, -0.15) is 5.10 Å². The van der Waals surface area contributed by atoms with E-state index in [1.165, 1.54) is 0 Å². The average molecular weight is 293 g/mol. The zero-order valence-electron chi connectivity index (χ0n) is 9.77. The van der Waals surface area contributed by atoms with Gasteiger partial charge in [0.2, 0.25) is 0 Å². The number of rotatable bonds is 3. The maximum Gasteiger partial charge on any atom is 0.186 e. The third kappa shape index (κ3) is 2.47. The van der Waals surface area contributed by atoms with Gasteiger partial charge in [-0.1, -0.05) is 24.3 Å². The SMILES string of the molecule is Cc1ccccc1CC(=O)c1c(Br)cnn1C. The molecule has 0 fully saturated rings. The summed E-state index contributed by atoms with van der Waals surface area (Å²) in [5, 5.41) is 4.05. The number of nitrogens with zero attached hydrogens (tertiary/aromatic N) is 2. The predicted octanol–water partition coefficient (Wildman–Crippen LogP) is 2.92. The Kier molecular flexibility index (Phi) is 3.43. The molecule has 3 nitrogen and oxygen atoms in total. The molecule has 17 heavy (non-hydrogen) atoms. The van der Waals surface area contributed by atoms with Crippen LogP contribution in [0.25, 0.3) is 0 Å². The lowest BCUT2D eigenvalue weighted by Gasteiger charge is -2.05. The second-order valence-electron chi connectivity index (χ2n) is 3.99. The second-order valence-corrected chi connectivity index (χ2v) is 4.85. The Labute approximate surface area is 109 Å². The van der Waals surface area contributed by atoms with E-state index in [9.17, 15) is 4.79 Å². The Morgan fingerprint density at radius 3 is 2.71 bits per heavy atom. The van der Waals surface area contributed by atoms with Gasteiger partial charge in [0.1, 0.15) is 5.69 Å². The summed E-state index contributed by atoms with van der Waals surface area (Å²) in [6.07, 6.45) is 2.05. The lowest BCUT2D eigenvalue weighted by Crippen LogP contribution is -2.11. The molecule has 0 bridgehead atoms. The van der Waals surface area contributed by atoms with E-state index in [1.807, 2.05) is 31.2 Å². The molecule has 2 aromatic rings. The number of aryl methyl sites for hydroxylation is 2. The standard InChI is InChI=1S/C13H13BrN2O/c1-9-5-3-4-6-10(9)7-12(17)13-11(14)8-15-16(13)2/h3-6,8H,7H2,1-2H3. The van der Waals surface area contributed by atoms with Crippen LogP contribution in [0.5, 0.6) is 0 Å². The third-order valence-electron chi connectivity index (χ3n) is 2.77. The number of aromatic nitrogens is 2. The number of benzene rings is 1. The molecule has 0 saturated heterocycles. The highest BCUT2D eigenvalue weighted by molar-refractivity contribution is 9.10. The van der Waals surface area contributed by atoms with Crippen LogP contribution in [0, 0.1) is 6.92 Å². The fraction of sp³-hybridized carbons (Fsp3) is 0.231. The molecule has 0 amide bonds. The minimum atomic E-state index is 0.0752. The van der Waals surface area contributed by atoms with Gasteiger partial charge in [-0.25, -0.2) is 0 Å². The Morgan fingerprint density at radius 2 is 2.12 bits per heavy atom. The summed E-state index contributed by atoms with van der Waals surface area (Å²) >= 11 is 3.35. The number of hydrogen-bond donors (Lipinski definition) is 0. The summed E-state index contributed by atoms with van der Waals surface area (Å²) in [6.45, 7) is 2.01. The van der Waals surface area contributed by atoms with Crippen LogP contribution in [-0.2, 0) is 13.5 Å². The van der Waals surface area contributed by atoms with E-state index in [0.717, 1.165) is 15.6 Å². The lowest BCUT2D eigenvalue weighted by atomic mass is 10.0. The first-order valence-corrected chi connectivity index (χ1v) is 6.14. The molecule has 2 rings (SSSR count). The Bertz CT molecular complexity index is 541. The van der Waals surface area contributed by atoms with Gasteiger partial charge in [0, 0.05) is 13.5 Å². The molecule has 0 saturated carbocycles. The van der Waals surface area contributed by atoms with Crippen molar-refractivity contribution in [2.45, 2.75) is 13.3 Å². The molecule has 0 radical (unpaired) electrons. The van der Waals surface area contributed by atoms with Crippen molar-refractivity contribution in [3.8, 4) is 0 Å². The summed E-state index contributed by atoms with van der Waals surface area (Å²) in [5.74, 6) is 0.0752. The number of halogens is 1. The fourth-order valence-corrected chi connectivity index (χ4v) is 2.36. The quantitative estimate of drug-likeness (QED) is 0.816. The maximum atomic E-state index is 12.2. The van der Waals surface area contributed by atoms with Crippen LogP contribution in [0.15, 0.2) is 34.9 Å². The molecular formula is C13H13BrN2O. The number of hydrogen-bond acceptors (Lipinski definition) is 2. The molecule has 88 valence electrons. The van der Waals surface area contributed by atoms with Crippen molar-refractivity contribution in [3.05, 3.63) is 51.8 Å². The van der Waals surface area contributed by atoms with Gasteiger partial charge in [-0.15, -0.1) is 0 Å². The van der Waals surface area contributed by atoms with Gasteiger partial charge in [0.05, 0.1) is 10.7 Å². The van der Waals surface area contributed by atoms with E-state index in [0.29, 0.717) is 12.1 Å². The summed E-state index contributed by atoms with van der Waals surface area (Å²) in [7, 11) is 1.77. The Balaban J connectivity index is 2.27. The van der Waals surface area contributed by atoms with E-state index >= 15 is 0 Å². The predicted molar refractivity (Wildman–Crippen MR) is 70.1 cm³/mol. The molecule has 1 heterocycles. The van der Waals surface area contributed by atoms with Crippen molar-refractivity contribution in [1.82, 2.24) is 9.78 Å². The molecule has 0 unspecified atom stereocenters. The van der Waals surface area contributed by atoms with Crippen molar-refractivity contribution in [2.24, 2.45) is 7.05 Å². The Morgan fingerprint density at radius 1 is 1.41 bits per heavy atom. The first-order chi connectivity index (χ1) is 8.09. The molecular weight excluding hydrogens is 280 g/mol. The van der Waals surface area contributed by atoms with Crippen LogP contribution in [0.4, 0.5) is 0 Å². The molecule has 1 aromatic carbocycles. The van der Waals surface area contributed by atoms with Crippen molar-refractivity contribution in [3.63, 3.8) is 0 Å². The number of carbonyl (C=O) groups is 1. The van der Waals surface area contributed by atoms with Gasteiger partial charge in [0.15, 0.2) is 5.78 Å².